The number of esters is 1. The Balaban J connectivity index is 1.99. The predicted molar refractivity (Wildman–Crippen MR) is 101 cm³/mol. The minimum atomic E-state index is -3.59. The number of carbonyl (C=O) groups is 2. The molecule has 0 radical (unpaired) electrons. The second-order valence-electron chi connectivity index (χ2n) is 6.17. The molecule has 0 fully saturated rings. The molecule has 0 bridgehead atoms. The number of benzene rings is 2. The molecule has 8 heteroatoms. The first-order valence-electron chi connectivity index (χ1n) is 8.31. The molecule has 7 nitrogen and oxygen atoms in total. The van der Waals surface area contributed by atoms with E-state index in [-0.39, 0.29) is 23.4 Å². The van der Waals surface area contributed by atoms with Gasteiger partial charge < -0.3 is 10.1 Å². The van der Waals surface area contributed by atoms with E-state index in [0.29, 0.717) is 11.1 Å². The first-order chi connectivity index (χ1) is 12.7. The van der Waals surface area contributed by atoms with E-state index in [2.05, 4.69) is 14.8 Å². The van der Waals surface area contributed by atoms with Crippen molar-refractivity contribution >= 4 is 21.9 Å². The van der Waals surface area contributed by atoms with Crippen molar-refractivity contribution in [1.29, 1.82) is 0 Å². The Morgan fingerprint density at radius 3 is 2.04 bits per heavy atom. The Labute approximate surface area is 158 Å². The number of amides is 1. The third-order valence-corrected chi connectivity index (χ3v) is 5.32. The molecule has 2 aromatic rings. The van der Waals surface area contributed by atoms with Gasteiger partial charge >= 0.3 is 5.97 Å². The summed E-state index contributed by atoms with van der Waals surface area (Å²) in [5, 5.41) is 2.75. The quantitative estimate of drug-likeness (QED) is 0.705. The minimum Gasteiger partial charge on any atom is -0.465 e. The average Bonchev–Trinajstić information content (AvgIpc) is 2.65. The number of hydrogen-bond acceptors (Lipinski definition) is 5. The highest BCUT2D eigenvalue weighted by atomic mass is 32.2. The van der Waals surface area contributed by atoms with Gasteiger partial charge in [-0.3, -0.25) is 4.79 Å². The highest BCUT2D eigenvalue weighted by molar-refractivity contribution is 7.89. The summed E-state index contributed by atoms with van der Waals surface area (Å²) in [5.74, 6) is -0.750. The van der Waals surface area contributed by atoms with Gasteiger partial charge in [0.05, 0.1) is 17.6 Å². The Hall–Kier alpha value is -2.71. The predicted octanol–water partition coefficient (Wildman–Crippen LogP) is 2.09. The molecule has 0 aromatic heterocycles. The van der Waals surface area contributed by atoms with Crippen LogP contribution in [0.1, 0.15) is 40.1 Å². The van der Waals surface area contributed by atoms with Gasteiger partial charge in [-0.1, -0.05) is 12.1 Å². The second-order valence-corrected chi connectivity index (χ2v) is 7.89. The molecule has 0 saturated carbocycles. The first kappa shape index (κ1) is 20.6. The Morgan fingerprint density at radius 2 is 1.52 bits per heavy atom. The molecule has 27 heavy (non-hydrogen) atoms. The van der Waals surface area contributed by atoms with Crippen LogP contribution < -0.4 is 10.0 Å². The molecule has 2 N–H and O–H groups in total. The summed E-state index contributed by atoms with van der Waals surface area (Å²) in [6.45, 7) is 3.74. The van der Waals surface area contributed by atoms with Gasteiger partial charge in [0.2, 0.25) is 10.0 Å². The molecule has 0 aliphatic heterocycles. The van der Waals surface area contributed by atoms with E-state index < -0.39 is 16.0 Å². The number of sulfonamides is 1. The summed E-state index contributed by atoms with van der Waals surface area (Å²) < 4.78 is 31.3. The highest BCUT2D eigenvalue weighted by Crippen LogP contribution is 2.12. The van der Waals surface area contributed by atoms with Gasteiger partial charge in [-0.05, 0) is 55.8 Å². The van der Waals surface area contributed by atoms with Gasteiger partial charge in [0.15, 0.2) is 0 Å². The van der Waals surface area contributed by atoms with Crippen molar-refractivity contribution in [3.8, 4) is 0 Å². The normalized spacial score (nSPS) is 11.3. The fourth-order valence-corrected chi connectivity index (χ4v) is 3.58. The summed E-state index contributed by atoms with van der Waals surface area (Å²) in [7, 11) is -2.28. The fourth-order valence-electron chi connectivity index (χ4n) is 2.32. The molecule has 0 unspecified atom stereocenters. The van der Waals surface area contributed by atoms with Gasteiger partial charge in [-0.15, -0.1) is 0 Å². The second kappa shape index (κ2) is 8.79. The third kappa shape index (κ3) is 5.63. The van der Waals surface area contributed by atoms with Gasteiger partial charge in [-0.2, -0.15) is 0 Å². The molecule has 1 amide bonds. The number of ether oxygens (including phenoxy) is 1. The summed E-state index contributed by atoms with van der Waals surface area (Å²) in [6.07, 6.45) is 0. The van der Waals surface area contributed by atoms with Gasteiger partial charge in [0.25, 0.3) is 5.91 Å². The van der Waals surface area contributed by atoms with Crippen LogP contribution in [0.25, 0.3) is 0 Å². The van der Waals surface area contributed by atoms with Crippen LogP contribution in [0.4, 0.5) is 0 Å². The molecule has 0 saturated heterocycles. The van der Waals surface area contributed by atoms with Crippen molar-refractivity contribution in [2.45, 2.75) is 31.3 Å². The molecule has 2 aromatic carbocycles. The molecule has 0 spiro atoms. The van der Waals surface area contributed by atoms with Crippen molar-refractivity contribution in [2.24, 2.45) is 0 Å². The molecule has 0 aliphatic rings. The lowest BCUT2D eigenvalue weighted by Gasteiger charge is -2.10. The number of carbonyl (C=O) groups excluding carboxylic acids is 2. The molecule has 2 rings (SSSR count). The van der Waals surface area contributed by atoms with Crippen molar-refractivity contribution in [2.75, 3.05) is 7.11 Å². The van der Waals surface area contributed by atoms with Crippen LogP contribution in [-0.4, -0.2) is 33.4 Å². The highest BCUT2D eigenvalue weighted by Gasteiger charge is 2.16. The van der Waals surface area contributed by atoms with Crippen LogP contribution in [-0.2, 0) is 21.3 Å². The molecule has 0 atom stereocenters. The largest absolute Gasteiger partial charge is 0.465 e. The summed E-state index contributed by atoms with van der Waals surface area (Å²) in [5.41, 5.74) is 1.60. The monoisotopic (exact) mass is 390 g/mol. The van der Waals surface area contributed by atoms with Crippen LogP contribution in [0, 0.1) is 0 Å². The van der Waals surface area contributed by atoms with Crippen molar-refractivity contribution in [3.63, 3.8) is 0 Å². The zero-order valence-corrected chi connectivity index (χ0v) is 16.2. The van der Waals surface area contributed by atoms with Crippen molar-refractivity contribution in [3.05, 3.63) is 65.2 Å². The smallest absolute Gasteiger partial charge is 0.337 e. The lowest BCUT2D eigenvalue weighted by Crippen LogP contribution is -2.30. The summed E-state index contributed by atoms with van der Waals surface area (Å²) in [6, 6.07) is 12.2. The van der Waals surface area contributed by atoms with E-state index in [0.717, 1.165) is 5.56 Å². The van der Waals surface area contributed by atoms with Crippen molar-refractivity contribution < 1.29 is 22.7 Å². The minimum absolute atomic E-state index is 0.103. The van der Waals surface area contributed by atoms with Gasteiger partial charge in [0.1, 0.15) is 0 Å². The lowest BCUT2D eigenvalue weighted by molar-refractivity contribution is 0.0600. The molecular weight excluding hydrogens is 368 g/mol. The maximum Gasteiger partial charge on any atom is 0.337 e. The molecule has 144 valence electrons. The van der Waals surface area contributed by atoms with Gasteiger partial charge in [0, 0.05) is 18.2 Å². The molecule has 0 heterocycles. The summed E-state index contributed by atoms with van der Waals surface area (Å²) >= 11 is 0. The van der Waals surface area contributed by atoms with Crippen LogP contribution in [0.5, 0.6) is 0 Å². The Kier molecular flexibility index (Phi) is 6.70. The average molecular weight is 390 g/mol. The van der Waals surface area contributed by atoms with E-state index in [1.54, 1.807) is 38.1 Å². The maximum atomic E-state index is 12.2. The van der Waals surface area contributed by atoms with Crippen LogP contribution in [0.15, 0.2) is 53.4 Å². The van der Waals surface area contributed by atoms with E-state index in [1.807, 2.05) is 0 Å². The molecular formula is C19H22N2O5S. The first-order valence-corrected chi connectivity index (χ1v) is 9.79. The van der Waals surface area contributed by atoms with E-state index >= 15 is 0 Å². The summed E-state index contributed by atoms with van der Waals surface area (Å²) in [4.78, 5) is 23.7. The number of rotatable bonds is 7. The van der Waals surface area contributed by atoms with Crippen LogP contribution in [0.3, 0.4) is 0 Å². The van der Waals surface area contributed by atoms with E-state index in [9.17, 15) is 18.0 Å². The Bertz CT molecular complexity index is 904. The fraction of sp³-hybridized carbons (Fsp3) is 0.263. The topological polar surface area (TPSA) is 102 Å². The number of hydrogen-bond donors (Lipinski definition) is 2. The van der Waals surface area contributed by atoms with Crippen molar-refractivity contribution in [1.82, 2.24) is 10.0 Å². The molecule has 0 aliphatic carbocycles. The van der Waals surface area contributed by atoms with E-state index in [1.165, 1.54) is 31.4 Å². The van der Waals surface area contributed by atoms with E-state index in [4.69, 9.17) is 0 Å². The SMILES string of the molecule is COC(=O)c1ccc(CNC(=O)c2ccc(S(=O)(=O)NC(C)C)cc2)cc1. The maximum absolute atomic E-state index is 12.2. The zero-order chi connectivity index (χ0) is 20.0. The Morgan fingerprint density at radius 1 is 0.963 bits per heavy atom. The third-order valence-electron chi connectivity index (χ3n) is 3.65. The van der Waals surface area contributed by atoms with Gasteiger partial charge in [-0.25, -0.2) is 17.9 Å². The number of nitrogens with one attached hydrogen (secondary N) is 2. The van der Waals surface area contributed by atoms with Crippen LogP contribution in [0.2, 0.25) is 0 Å². The van der Waals surface area contributed by atoms with Crippen LogP contribution >= 0.6 is 0 Å². The lowest BCUT2D eigenvalue weighted by atomic mass is 10.1. The zero-order valence-electron chi connectivity index (χ0n) is 15.4. The number of methoxy groups -OCH3 is 1. The standard InChI is InChI=1S/C19H22N2O5S/c1-13(2)21-27(24,25)17-10-8-15(9-11-17)18(22)20-12-14-4-6-16(7-5-14)19(23)26-3/h4-11,13,21H,12H2,1-3H3,(H,20,22).